The van der Waals surface area contributed by atoms with Gasteiger partial charge in [0, 0.05) is 49.7 Å². The number of aryl methyl sites for hydroxylation is 1. The zero-order valence-corrected chi connectivity index (χ0v) is 25.9. The smallest absolute Gasteiger partial charge is 0.416 e. The van der Waals surface area contributed by atoms with E-state index in [0.29, 0.717) is 34.4 Å². The lowest BCUT2D eigenvalue weighted by atomic mass is 10.1. The minimum absolute atomic E-state index is 0.00603. The number of aromatic amines is 1. The molecule has 0 radical (unpaired) electrons. The molecule has 4 heterocycles. The number of halogens is 4. The van der Waals surface area contributed by atoms with Crippen LogP contribution in [-0.4, -0.2) is 72.7 Å². The van der Waals surface area contributed by atoms with Gasteiger partial charge in [-0.2, -0.15) is 18.3 Å². The summed E-state index contributed by atoms with van der Waals surface area (Å²) < 4.78 is 40.9. The van der Waals surface area contributed by atoms with Gasteiger partial charge >= 0.3 is 6.18 Å². The lowest BCUT2D eigenvalue weighted by Crippen LogP contribution is -2.50. The number of hydrogen-bond donors (Lipinski definition) is 3. The van der Waals surface area contributed by atoms with Crippen LogP contribution in [0.3, 0.4) is 0 Å². The minimum atomic E-state index is -4.60. The molecule has 1 aliphatic heterocycles. The Morgan fingerprint density at radius 2 is 1.87 bits per heavy atom. The maximum atomic E-state index is 13.9. The highest BCUT2D eigenvalue weighted by Gasteiger charge is 2.32. The van der Waals surface area contributed by atoms with Crippen molar-refractivity contribution in [2.24, 2.45) is 0 Å². The Hall–Kier alpha value is -5.18. The van der Waals surface area contributed by atoms with Crippen molar-refractivity contribution in [2.45, 2.75) is 33.0 Å². The second-order valence-corrected chi connectivity index (χ2v) is 11.5. The molecule has 3 aromatic heterocycles. The largest absolute Gasteiger partial charge is 0.507 e. The molecular weight excluding hydrogens is 641 g/mol. The molecule has 0 aliphatic carbocycles. The van der Waals surface area contributed by atoms with Crippen molar-refractivity contribution in [3.8, 4) is 5.75 Å². The van der Waals surface area contributed by atoms with E-state index in [1.165, 1.54) is 12.3 Å². The van der Waals surface area contributed by atoms with Crippen molar-refractivity contribution >= 4 is 56.9 Å². The molecule has 2 aromatic carbocycles. The number of aromatic nitrogens is 5. The molecule has 1 fully saturated rings. The molecule has 2 amide bonds. The molecule has 0 atom stereocenters. The lowest BCUT2D eigenvalue weighted by molar-refractivity contribution is -0.137. The number of nitrogens with one attached hydrogen (secondary N) is 2. The van der Waals surface area contributed by atoms with Crippen LogP contribution in [-0.2, 0) is 23.9 Å². The Bertz CT molecular complexity index is 2110. The third-order valence-corrected chi connectivity index (χ3v) is 8.37. The van der Waals surface area contributed by atoms with E-state index < -0.39 is 17.6 Å². The van der Waals surface area contributed by atoms with E-state index in [1.807, 2.05) is 11.8 Å². The van der Waals surface area contributed by atoms with Gasteiger partial charge in [0.1, 0.15) is 18.0 Å². The van der Waals surface area contributed by atoms with Gasteiger partial charge in [0.2, 0.25) is 11.3 Å². The van der Waals surface area contributed by atoms with E-state index in [0.717, 1.165) is 18.2 Å². The van der Waals surface area contributed by atoms with Crippen LogP contribution in [0.5, 0.6) is 5.75 Å². The number of carbonyl (C=O) groups is 2. The van der Waals surface area contributed by atoms with Gasteiger partial charge in [-0.25, -0.2) is 9.97 Å². The van der Waals surface area contributed by atoms with Gasteiger partial charge in [-0.15, -0.1) is 0 Å². The first-order valence-electron chi connectivity index (χ1n) is 14.6. The molecule has 16 heteroatoms. The Kier molecular flexibility index (Phi) is 8.26. The zero-order chi connectivity index (χ0) is 33.6. The van der Waals surface area contributed by atoms with Crippen LogP contribution >= 0.6 is 11.6 Å². The third kappa shape index (κ3) is 5.93. The Morgan fingerprint density at radius 3 is 2.55 bits per heavy atom. The molecule has 6 rings (SSSR count). The van der Waals surface area contributed by atoms with Crippen molar-refractivity contribution in [2.75, 3.05) is 36.4 Å². The maximum Gasteiger partial charge on any atom is 0.416 e. The van der Waals surface area contributed by atoms with Crippen LogP contribution < -0.4 is 15.6 Å². The number of H-pyrrole nitrogens is 1. The number of aromatic hydroxyl groups is 1. The first-order valence-corrected chi connectivity index (χ1v) is 15.0. The number of alkyl halides is 3. The van der Waals surface area contributed by atoms with Crippen LogP contribution in [0, 0.1) is 6.92 Å². The van der Waals surface area contributed by atoms with E-state index in [4.69, 9.17) is 11.6 Å². The number of benzene rings is 2. The molecule has 1 aliphatic rings. The topological polar surface area (TPSA) is 149 Å². The number of carbonyl (C=O) groups excluding carboxylic acids is 2. The fourth-order valence-corrected chi connectivity index (χ4v) is 6.04. The number of nitrogens with zero attached hydrogens (tertiary/aromatic N) is 6. The molecule has 0 unspecified atom stereocenters. The highest BCUT2D eigenvalue weighted by molar-refractivity contribution is 6.33. The Labute approximate surface area is 269 Å². The molecule has 3 N–H and O–H groups in total. The summed E-state index contributed by atoms with van der Waals surface area (Å²) in [7, 11) is 0. The molecule has 47 heavy (non-hydrogen) atoms. The van der Waals surface area contributed by atoms with E-state index in [1.54, 1.807) is 28.7 Å². The molecular formula is C31H28ClF3N8O4. The number of anilines is 2. The van der Waals surface area contributed by atoms with E-state index >= 15 is 0 Å². The molecule has 1 saturated heterocycles. The van der Waals surface area contributed by atoms with E-state index in [-0.39, 0.29) is 77.2 Å². The van der Waals surface area contributed by atoms with Gasteiger partial charge in [-0.05, 0) is 43.7 Å². The molecule has 244 valence electrons. The fourth-order valence-electron chi connectivity index (χ4n) is 5.82. The van der Waals surface area contributed by atoms with Gasteiger partial charge < -0.3 is 24.8 Å². The van der Waals surface area contributed by atoms with Crippen molar-refractivity contribution in [1.82, 2.24) is 29.6 Å². The van der Waals surface area contributed by atoms with Crippen molar-refractivity contribution in [3.05, 3.63) is 80.5 Å². The van der Waals surface area contributed by atoms with Crippen LogP contribution in [0.25, 0.3) is 22.1 Å². The Morgan fingerprint density at radius 1 is 1.13 bits per heavy atom. The predicted octanol–water partition coefficient (Wildman–Crippen LogP) is 4.52. The second-order valence-electron chi connectivity index (χ2n) is 11.0. The lowest BCUT2D eigenvalue weighted by Gasteiger charge is -2.37. The predicted molar refractivity (Wildman–Crippen MR) is 169 cm³/mol. The summed E-state index contributed by atoms with van der Waals surface area (Å²) in [6.45, 7) is 4.19. The summed E-state index contributed by atoms with van der Waals surface area (Å²) in [4.78, 5) is 53.0. The number of phenols is 1. The average Bonchev–Trinajstić information content (AvgIpc) is 3.51. The molecule has 0 spiro atoms. The highest BCUT2D eigenvalue weighted by atomic mass is 35.5. The summed E-state index contributed by atoms with van der Waals surface area (Å²) in [5.41, 5.74) is 0.872. The van der Waals surface area contributed by atoms with Crippen LogP contribution in [0.2, 0.25) is 5.02 Å². The van der Waals surface area contributed by atoms with Crippen LogP contribution in [0.4, 0.5) is 24.5 Å². The van der Waals surface area contributed by atoms with Gasteiger partial charge in [0.15, 0.2) is 11.2 Å². The number of phenolic OH excluding ortho intramolecular Hbond substituents is 1. The van der Waals surface area contributed by atoms with E-state index in [2.05, 4.69) is 25.5 Å². The summed E-state index contributed by atoms with van der Waals surface area (Å²) in [6, 6.07) is 5.66. The quantitative estimate of drug-likeness (QED) is 0.239. The fraction of sp³-hybridized carbons (Fsp3) is 0.290. The summed E-state index contributed by atoms with van der Waals surface area (Å²) in [5.74, 6) is -1.15. The monoisotopic (exact) mass is 668 g/mol. The highest BCUT2D eigenvalue weighted by Crippen LogP contribution is 2.34. The van der Waals surface area contributed by atoms with Gasteiger partial charge in [-0.3, -0.25) is 19.5 Å². The maximum absolute atomic E-state index is 13.9. The molecule has 5 aromatic rings. The van der Waals surface area contributed by atoms with Crippen LogP contribution in [0.1, 0.15) is 34.2 Å². The Balaban J connectivity index is 1.30. The van der Waals surface area contributed by atoms with Gasteiger partial charge in [-0.1, -0.05) is 18.5 Å². The zero-order valence-electron chi connectivity index (χ0n) is 25.2. The third-order valence-electron chi connectivity index (χ3n) is 8.06. The summed E-state index contributed by atoms with van der Waals surface area (Å²) in [6.07, 6.45) is -1.28. The number of fused-ring (bicyclic) bond motifs is 2. The number of rotatable bonds is 6. The van der Waals surface area contributed by atoms with Gasteiger partial charge in [0.25, 0.3) is 5.91 Å². The number of hydrogen-bond acceptors (Lipinski definition) is 8. The SMILES string of the molecule is CCc1c(N2CCN(C(=O)c3c(O)ccc4n[nH]cc34)CC2)c(=O)c2ncc(C)nc2n1CC(=O)Nc1ccc(C(F)(F)F)cc1Cl. The average molecular weight is 669 g/mol. The summed E-state index contributed by atoms with van der Waals surface area (Å²) in [5, 5.41) is 20.1. The molecule has 0 saturated carbocycles. The van der Waals surface area contributed by atoms with Gasteiger partial charge in [0.05, 0.1) is 33.0 Å². The number of pyridine rings is 1. The normalized spacial score (nSPS) is 13.8. The molecule has 0 bridgehead atoms. The van der Waals surface area contributed by atoms with Crippen molar-refractivity contribution < 1.29 is 27.9 Å². The van der Waals surface area contributed by atoms with Crippen molar-refractivity contribution in [1.29, 1.82) is 0 Å². The van der Waals surface area contributed by atoms with Crippen molar-refractivity contribution in [3.63, 3.8) is 0 Å². The standard InChI is InChI=1S/C31H28ClF3N8O4/c1-3-22-27(41-8-10-42(11-9-41)30(47)25-18-14-37-40-20(18)6-7-23(25)44)28(46)26-29(38-16(2)13-36-26)43(22)15-24(45)39-21-5-4-17(12-19(21)32)31(33,34)35/h4-7,12-14,44H,3,8-11,15H2,1-2H3,(H,37,40)(H,39,45). The second kappa shape index (κ2) is 12.2. The van der Waals surface area contributed by atoms with Crippen LogP contribution in [0.15, 0.2) is 47.5 Å². The summed E-state index contributed by atoms with van der Waals surface area (Å²) >= 11 is 6.07. The molecule has 12 nitrogen and oxygen atoms in total. The first-order chi connectivity index (χ1) is 22.4. The number of piperazine rings is 1. The first kappa shape index (κ1) is 31.8. The van der Waals surface area contributed by atoms with E-state index in [9.17, 15) is 32.7 Å². The number of amides is 2. The minimum Gasteiger partial charge on any atom is -0.507 e.